The van der Waals surface area contributed by atoms with E-state index in [1.807, 2.05) is 0 Å². The van der Waals surface area contributed by atoms with Crippen molar-refractivity contribution < 1.29 is 4.79 Å². The summed E-state index contributed by atoms with van der Waals surface area (Å²) in [5, 5.41) is 3.27. The smallest absolute Gasteiger partial charge is 0.228 e. The molecule has 2 aromatic rings. The van der Waals surface area contributed by atoms with Crippen LogP contribution in [0.5, 0.6) is 0 Å². The van der Waals surface area contributed by atoms with Gasteiger partial charge in [-0.1, -0.05) is 35.9 Å². The normalized spacial score (nSPS) is 25.7. The van der Waals surface area contributed by atoms with Gasteiger partial charge in [0.2, 0.25) is 5.91 Å². The second kappa shape index (κ2) is 4.85. The average molecular weight is 299 g/mol. The molecule has 0 aliphatic heterocycles. The van der Waals surface area contributed by atoms with E-state index in [2.05, 4.69) is 34.6 Å². The zero-order chi connectivity index (χ0) is 14.4. The van der Waals surface area contributed by atoms with Crippen molar-refractivity contribution in [2.24, 2.45) is 11.8 Å². The van der Waals surface area contributed by atoms with Crippen LogP contribution < -0.4 is 5.32 Å². The number of aryl methyl sites for hydroxylation is 1. The second-order valence-electron chi connectivity index (χ2n) is 5.78. The summed E-state index contributed by atoms with van der Waals surface area (Å²) >= 11 is 6.00. The molecule has 3 nitrogen and oxygen atoms in total. The highest BCUT2D eigenvalue weighted by molar-refractivity contribution is 6.32. The van der Waals surface area contributed by atoms with Gasteiger partial charge in [0.1, 0.15) is 0 Å². The Morgan fingerprint density at radius 2 is 2.10 bits per heavy atom. The lowest BCUT2D eigenvalue weighted by Gasteiger charge is -2.13. The Bertz CT molecular complexity index is 715. The highest BCUT2D eigenvalue weighted by atomic mass is 35.5. The third-order valence-electron chi connectivity index (χ3n) is 4.65. The zero-order valence-electron chi connectivity index (χ0n) is 11.4. The highest BCUT2D eigenvalue weighted by Crippen LogP contribution is 2.60. The molecule has 2 aliphatic rings. The van der Waals surface area contributed by atoms with Gasteiger partial charge in [-0.05, 0) is 47.9 Å². The minimum atomic E-state index is 0.0663. The van der Waals surface area contributed by atoms with E-state index in [-0.39, 0.29) is 11.8 Å². The molecule has 106 valence electrons. The summed E-state index contributed by atoms with van der Waals surface area (Å²) in [5.74, 6) is 1.00. The van der Waals surface area contributed by atoms with Crippen molar-refractivity contribution >= 4 is 23.2 Å². The summed E-state index contributed by atoms with van der Waals surface area (Å²) in [6.07, 6.45) is 3.79. The largest absolute Gasteiger partial charge is 0.323 e. The molecule has 0 radical (unpaired) electrons. The third-order valence-corrected chi connectivity index (χ3v) is 4.95. The standard InChI is InChI=1S/C17H15ClN2O/c18-16-13(6-3-9-19-16)20-17(21)15-12-8-7-10-4-1-2-5-11(10)14(12)15/h1-6,9,12,14-15H,7-8H2,(H,20,21). The molecule has 1 heterocycles. The molecule has 2 aliphatic carbocycles. The number of carbonyl (C=O) groups excluding carboxylic acids is 1. The van der Waals surface area contributed by atoms with Gasteiger partial charge >= 0.3 is 0 Å². The number of hydrogen-bond acceptors (Lipinski definition) is 2. The first kappa shape index (κ1) is 12.8. The summed E-state index contributed by atoms with van der Waals surface area (Å²) in [5.41, 5.74) is 3.35. The molecule has 3 atom stereocenters. The molecule has 4 heteroatoms. The van der Waals surface area contributed by atoms with E-state index in [1.165, 1.54) is 11.1 Å². The average Bonchev–Trinajstić information content (AvgIpc) is 3.24. The predicted octanol–water partition coefficient (Wildman–Crippen LogP) is 3.65. The number of rotatable bonds is 2. The molecule has 1 fully saturated rings. The lowest BCUT2D eigenvalue weighted by molar-refractivity contribution is -0.117. The summed E-state index contributed by atoms with van der Waals surface area (Å²) < 4.78 is 0. The molecule has 1 amide bonds. The monoisotopic (exact) mass is 298 g/mol. The summed E-state index contributed by atoms with van der Waals surface area (Å²) in [7, 11) is 0. The van der Waals surface area contributed by atoms with Gasteiger partial charge in [-0.3, -0.25) is 4.79 Å². The van der Waals surface area contributed by atoms with Crippen molar-refractivity contribution in [3.63, 3.8) is 0 Å². The van der Waals surface area contributed by atoms with Crippen LogP contribution in [0.3, 0.4) is 0 Å². The third kappa shape index (κ3) is 2.12. The fourth-order valence-electron chi connectivity index (χ4n) is 3.62. The summed E-state index contributed by atoms with van der Waals surface area (Å²) in [6, 6.07) is 12.0. The molecule has 0 spiro atoms. The number of hydrogen-bond donors (Lipinski definition) is 1. The van der Waals surface area contributed by atoms with E-state index < -0.39 is 0 Å². The van der Waals surface area contributed by atoms with Gasteiger partial charge in [0.25, 0.3) is 0 Å². The Labute approximate surface area is 128 Å². The van der Waals surface area contributed by atoms with Crippen LogP contribution in [0.2, 0.25) is 5.15 Å². The van der Waals surface area contributed by atoms with Gasteiger partial charge < -0.3 is 5.32 Å². The van der Waals surface area contributed by atoms with Gasteiger partial charge in [0, 0.05) is 12.1 Å². The van der Waals surface area contributed by atoms with Crippen LogP contribution in [0.1, 0.15) is 23.5 Å². The summed E-state index contributed by atoms with van der Waals surface area (Å²) in [6.45, 7) is 0. The fraction of sp³-hybridized carbons (Fsp3) is 0.294. The molecule has 1 saturated carbocycles. The van der Waals surface area contributed by atoms with Crippen LogP contribution >= 0.6 is 11.6 Å². The van der Waals surface area contributed by atoms with Gasteiger partial charge in [-0.2, -0.15) is 0 Å². The zero-order valence-corrected chi connectivity index (χ0v) is 12.2. The van der Waals surface area contributed by atoms with Crippen LogP contribution in [0.4, 0.5) is 5.69 Å². The van der Waals surface area contributed by atoms with Gasteiger partial charge in [-0.15, -0.1) is 0 Å². The number of anilines is 1. The number of aromatic nitrogens is 1. The molecule has 1 aromatic carbocycles. The van der Waals surface area contributed by atoms with Gasteiger partial charge in [0.15, 0.2) is 5.15 Å². The molecular formula is C17H15ClN2O. The highest BCUT2D eigenvalue weighted by Gasteiger charge is 2.56. The van der Waals surface area contributed by atoms with Crippen LogP contribution in [-0.4, -0.2) is 10.9 Å². The number of pyridine rings is 1. The minimum absolute atomic E-state index is 0.0663. The van der Waals surface area contributed by atoms with E-state index in [1.54, 1.807) is 18.3 Å². The Morgan fingerprint density at radius 3 is 2.95 bits per heavy atom. The molecular weight excluding hydrogens is 284 g/mol. The Kier molecular flexibility index (Phi) is 2.96. The number of amides is 1. The van der Waals surface area contributed by atoms with E-state index in [0.717, 1.165) is 12.8 Å². The number of carbonyl (C=O) groups is 1. The molecule has 1 aromatic heterocycles. The topological polar surface area (TPSA) is 42.0 Å². The van der Waals surface area contributed by atoms with Crippen molar-refractivity contribution in [2.75, 3.05) is 5.32 Å². The van der Waals surface area contributed by atoms with E-state index in [0.29, 0.717) is 22.7 Å². The lowest BCUT2D eigenvalue weighted by atomic mass is 9.92. The van der Waals surface area contributed by atoms with Crippen LogP contribution in [0.15, 0.2) is 42.6 Å². The number of nitrogens with zero attached hydrogens (tertiary/aromatic N) is 1. The van der Waals surface area contributed by atoms with E-state index in [4.69, 9.17) is 11.6 Å². The molecule has 0 bridgehead atoms. The minimum Gasteiger partial charge on any atom is -0.323 e. The van der Waals surface area contributed by atoms with E-state index >= 15 is 0 Å². The molecule has 0 saturated heterocycles. The Morgan fingerprint density at radius 1 is 1.24 bits per heavy atom. The number of fused-ring (bicyclic) bond motifs is 3. The first-order chi connectivity index (χ1) is 10.3. The fourth-order valence-corrected chi connectivity index (χ4v) is 3.79. The van der Waals surface area contributed by atoms with Crippen molar-refractivity contribution in [3.8, 4) is 0 Å². The number of benzene rings is 1. The van der Waals surface area contributed by atoms with Gasteiger partial charge in [0.05, 0.1) is 5.69 Å². The molecule has 1 N–H and O–H groups in total. The number of halogens is 1. The van der Waals surface area contributed by atoms with Crippen molar-refractivity contribution in [1.29, 1.82) is 0 Å². The second-order valence-corrected chi connectivity index (χ2v) is 6.14. The first-order valence-corrected chi connectivity index (χ1v) is 7.62. The van der Waals surface area contributed by atoms with Gasteiger partial charge in [-0.25, -0.2) is 4.98 Å². The lowest BCUT2D eigenvalue weighted by Crippen LogP contribution is -2.15. The van der Waals surface area contributed by atoms with Crippen LogP contribution in [0.25, 0.3) is 0 Å². The van der Waals surface area contributed by atoms with E-state index in [9.17, 15) is 4.79 Å². The Hall–Kier alpha value is -1.87. The first-order valence-electron chi connectivity index (χ1n) is 7.25. The van der Waals surface area contributed by atoms with Crippen molar-refractivity contribution in [2.45, 2.75) is 18.8 Å². The Balaban J connectivity index is 1.55. The van der Waals surface area contributed by atoms with Crippen molar-refractivity contribution in [3.05, 3.63) is 58.9 Å². The molecule has 21 heavy (non-hydrogen) atoms. The van der Waals surface area contributed by atoms with Crippen LogP contribution in [-0.2, 0) is 11.2 Å². The maximum atomic E-state index is 12.5. The maximum absolute atomic E-state index is 12.5. The molecule has 4 rings (SSSR count). The SMILES string of the molecule is O=C(Nc1cccnc1Cl)C1C2CCc3ccccc3C21. The molecule has 3 unspecified atom stereocenters. The predicted molar refractivity (Wildman–Crippen MR) is 82.4 cm³/mol. The number of nitrogens with one attached hydrogen (secondary N) is 1. The van der Waals surface area contributed by atoms with Crippen LogP contribution in [0, 0.1) is 11.8 Å². The quantitative estimate of drug-likeness (QED) is 0.860. The van der Waals surface area contributed by atoms with Crippen molar-refractivity contribution in [1.82, 2.24) is 4.98 Å². The maximum Gasteiger partial charge on any atom is 0.228 e. The summed E-state index contributed by atoms with van der Waals surface area (Å²) in [4.78, 5) is 16.5.